The smallest absolute Gasteiger partial charge is 0.343 e. The number of carbonyl (C=O) groups excluding carboxylic acids is 1. The van der Waals surface area contributed by atoms with Gasteiger partial charge in [-0.25, -0.2) is 14.8 Å². The molecule has 0 spiro atoms. The molecule has 1 aromatic heterocycles. The van der Waals surface area contributed by atoms with Crippen molar-refractivity contribution >= 4 is 23.4 Å². The number of aromatic nitrogens is 2. The first-order chi connectivity index (χ1) is 11.6. The number of nitrogens with zero attached hydrogens (tertiary/aromatic N) is 2. The van der Waals surface area contributed by atoms with Crippen molar-refractivity contribution in [2.75, 3.05) is 18.5 Å². The number of benzene rings is 1. The lowest BCUT2D eigenvalue weighted by Crippen LogP contribution is -2.16. The predicted molar refractivity (Wildman–Crippen MR) is 96.5 cm³/mol. The third kappa shape index (κ3) is 4.11. The first-order valence-electron chi connectivity index (χ1n) is 7.79. The summed E-state index contributed by atoms with van der Waals surface area (Å²) in [5, 5.41) is 3.74. The molecule has 2 rings (SSSR count). The average molecular weight is 346 g/mol. The van der Waals surface area contributed by atoms with Crippen LogP contribution in [0.4, 0.5) is 5.82 Å². The van der Waals surface area contributed by atoms with E-state index in [2.05, 4.69) is 21.9 Å². The molecule has 0 aliphatic heterocycles. The van der Waals surface area contributed by atoms with Gasteiger partial charge in [-0.1, -0.05) is 24.6 Å². The molecule has 1 aromatic carbocycles. The summed E-state index contributed by atoms with van der Waals surface area (Å²) in [6.07, 6.45) is 2.28. The van der Waals surface area contributed by atoms with Crippen molar-refractivity contribution in [3.63, 3.8) is 0 Å². The lowest BCUT2D eigenvalue weighted by molar-refractivity contribution is 0.0525. The van der Waals surface area contributed by atoms with Crippen LogP contribution in [-0.2, 0) is 11.2 Å². The minimum atomic E-state index is -0.427. The molecule has 24 heavy (non-hydrogen) atoms. The van der Waals surface area contributed by atoms with E-state index in [4.69, 9.17) is 16.3 Å². The van der Waals surface area contributed by atoms with E-state index in [1.165, 1.54) is 0 Å². The van der Waals surface area contributed by atoms with Crippen LogP contribution in [0, 0.1) is 0 Å². The summed E-state index contributed by atoms with van der Waals surface area (Å²) in [5.41, 5.74) is 1.84. The topological polar surface area (TPSA) is 64.1 Å². The number of hydrogen-bond donors (Lipinski definition) is 1. The summed E-state index contributed by atoms with van der Waals surface area (Å²) in [7, 11) is 0. The van der Waals surface area contributed by atoms with E-state index in [1.54, 1.807) is 25.1 Å². The fourth-order valence-electron chi connectivity index (χ4n) is 2.21. The fourth-order valence-corrected chi connectivity index (χ4v) is 2.33. The Hall–Kier alpha value is -2.40. The van der Waals surface area contributed by atoms with Gasteiger partial charge in [0.05, 0.1) is 12.3 Å². The van der Waals surface area contributed by atoms with Crippen LogP contribution < -0.4 is 5.32 Å². The minimum absolute atomic E-state index is 0.293. The molecule has 0 aliphatic carbocycles. The SMILES string of the molecule is C=CCNc1nc(-c2ccc(Cl)cc2)nc(CC)c1C(=O)OCC. The normalized spacial score (nSPS) is 10.3. The molecular formula is C18H20ClN3O2. The first kappa shape index (κ1) is 17.9. The van der Waals surface area contributed by atoms with Crippen LogP contribution >= 0.6 is 11.6 Å². The molecule has 0 aliphatic rings. The summed E-state index contributed by atoms with van der Waals surface area (Å²) < 4.78 is 5.15. The zero-order valence-electron chi connectivity index (χ0n) is 13.8. The van der Waals surface area contributed by atoms with Gasteiger partial charge in [0, 0.05) is 17.1 Å². The Balaban J connectivity index is 2.56. The van der Waals surface area contributed by atoms with Crippen LogP contribution in [0.15, 0.2) is 36.9 Å². The monoisotopic (exact) mass is 345 g/mol. The van der Waals surface area contributed by atoms with E-state index in [0.29, 0.717) is 47.5 Å². The Morgan fingerprint density at radius 3 is 2.58 bits per heavy atom. The van der Waals surface area contributed by atoms with E-state index in [-0.39, 0.29) is 0 Å². The predicted octanol–water partition coefficient (Wildman–Crippen LogP) is 4.13. The average Bonchev–Trinajstić information content (AvgIpc) is 2.59. The maximum absolute atomic E-state index is 12.3. The summed E-state index contributed by atoms with van der Waals surface area (Å²) in [5.74, 6) is 0.553. The largest absolute Gasteiger partial charge is 0.462 e. The standard InChI is InChI=1S/C18H20ClN3O2/c1-4-11-20-17-15(18(23)24-6-3)14(5-2)21-16(22-17)12-7-9-13(19)10-8-12/h4,7-10H,1,5-6,11H2,2-3H3,(H,20,21,22). The van der Waals surface area contributed by atoms with Gasteiger partial charge in [-0.2, -0.15) is 0 Å². The number of halogens is 1. The summed E-state index contributed by atoms with van der Waals surface area (Å²) in [6, 6.07) is 7.25. The van der Waals surface area contributed by atoms with Gasteiger partial charge in [0.2, 0.25) is 0 Å². The highest BCUT2D eigenvalue weighted by atomic mass is 35.5. The molecule has 0 amide bonds. The number of rotatable bonds is 7. The number of anilines is 1. The van der Waals surface area contributed by atoms with Gasteiger partial charge in [0.15, 0.2) is 5.82 Å². The van der Waals surface area contributed by atoms with Crippen LogP contribution in [0.2, 0.25) is 5.02 Å². The van der Waals surface area contributed by atoms with E-state index >= 15 is 0 Å². The van der Waals surface area contributed by atoms with Crippen molar-refractivity contribution in [2.24, 2.45) is 0 Å². The summed E-state index contributed by atoms with van der Waals surface area (Å²) in [4.78, 5) is 21.4. The molecular weight excluding hydrogens is 326 g/mol. The Bertz CT molecular complexity index is 730. The van der Waals surface area contributed by atoms with Crippen molar-refractivity contribution in [3.05, 3.63) is 53.2 Å². The fraction of sp³-hybridized carbons (Fsp3) is 0.278. The van der Waals surface area contributed by atoms with Gasteiger partial charge in [0.1, 0.15) is 11.4 Å². The molecule has 2 aromatic rings. The minimum Gasteiger partial charge on any atom is -0.462 e. The third-order valence-electron chi connectivity index (χ3n) is 3.31. The van der Waals surface area contributed by atoms with Crippen molar-refractivity contribution in [3.8, 4) is 11.4 Å². The van der Waals surface area contributed by atoms with Crippen molar-refractivity contribution in [2.45, 2.75) is 20.3 Å². The van der Waals surface area contributed by atoms with Crippen LogP contribution in [0.3, 0.4) is 0 Å². The van der Waals surface area contributed by atoms with Gasteiger partial charge in [-0.3, -0.25) is 0 Å². The van der Waals surface area contributed by atoms with Gasteiger partial charge in [-0.05, 0) is 37.6 Å². The lowest BCUT2D eigenvalue weighted by Gasteiger charge is -2.14. The van der Waals surface area contributed by atoms with E-state index in [1.807, 2.05) is 19.1 Å². The molecule has 0 saturated carbocycles. The van der Waals surface area contributed by atoms with E-state index in [9.17, 15) is 4.79 Å². The highest BCUT2D eigenvalue weighted by Gasteiger charge is 2.21. The molecule has 5 nitrogen and oxygen atoms in total. The van der Waals surface area contributed by atoms with Crippen molar-refractivity contribution in [1.82, 2.24) is 9.97 Å². The van der Waals surface area contributed by atoms with Crippen LogP contribution in [0.5, 0.6) is 0 Å². The molecule has 0 bridgehead atoms. The number of aryl methyl sites for hydroxylation is 1. The van der Waals surface area contributed by atoms with Crippen LogP contribution in [-0.4, -0.2) is 29.1 Å². The second-order valence-corrected chi connectivity index (χ2v) is 5.40. The maximum atomic E-state index is 12.3. The first-order valence-corrected chi connectivity index (χ1v) is 8.17. The highest BCUT2D eigenvalue weighted by Crippen LogP contribution is 2.25. The number of carbonyl (C=O) groups is 1. The molecule has 1 N–H and O–H groups in total. The second kappa shape index (κ2) is 8.45. The zero-order chi connectivity index (χ0) is 17.5. The molecule has 0 atom stereocenters. The quantitative estimate of drug-likeness (QED) is 0.603. The summed E-state index contributed by atoms with van der Waals surface area (Å²) in [6.45, 7) is 8.16. The van der Waals surface area contributed by atoms with Crippen molar-refractivity contribution in [1.29, 1.82) is 0 Å². The zero-order valence-corrected chi connectivity index (χ0v) is 14.6. The molecule has 1 heterocycles. The summed E-state index contributed by atoms with van der Waals surface area (Å²) >= 11 is 5.93. The lowest BCUT2D eigenvalue weighted by atomic mass is 10.1. The second-order valence-electron chi connectivity index (χ2n) is 4.97. The highest BCUT2D eigenvalue weighted by molar-refractivity contribution is 6.30. The molecule has 0 radical (unpaired) electrons. The van der Waals surface area contributed by atoms with Gasteiger partial charge >= 0.3 is 5.97 Å². The molecule has 0 fully saturated rings. The molecule has 0 saturated heterocycles. The van der Waals surface area contributed by atoms with Crippen molar-refractivity contribution < 1.29 is 9.53 Å². The Morgan fingerprint density at radius 1 is 1.29 bits per heavy atom. The molecule has 0 unspecified atom stereocenters. The van der Waals surface area contributed by atoms with Gasteiger partial charge in [0.25, 0.3) is 0 Å². The Morgan fingerprint density at radius 2 is 2.00 bits per heavy atom. The van der Waals surface area contributed by atoms with Crippen LogP contribution in [0.1, 0.15) is 29.9 Å². The number of ether oxygens (including phenoxy) is 1. The van der Waals surface area contributed by atoms with E-state index in [0.717, 1.165) is 5.56 Å². The van der Waals surface area contributed by atoms with Crippen LogP contribution in [0.25, 0.3) is 11.4 Å². The Labute approximate surface area is 146 Å². The van der Waals surface area contributed by atoms with Gasteiger partial charge < -0.3 is 10.1 Å². The van der Waals surface area contributed by atoms with Gasteiger partial charge in [-0.15, -0.1) is 6.58 Å². The third-order valence-corrected chi connectivity index (χ3v) is 3.57. The molecule has 126 valence electrons. The number of esters is 1. The number of nitrogens with one attached hydrogen (secondary N) is 1. The maximum Gasteiger partial charge on any atom is 0.343 e. The molecule has 6 heteroatoms. The number of hydrogen-bond acceptors (Lipinski definition) is 5. The van der Waals surface area contributed by atoms with E-state index < -0.39 is 5.97 Å². The Kier molecular flexibility index (Phi) is 6.32.